The van der Waals surface area contributed by atoms with Crippen LogP contribution in [0.1, 0.15) is 12.8 Å². The number of nitrogens with one attached hydrogen (secondary N) is 1. The average Bonchev–Trinajstić information content (AvgIpc) is 2.51. The van der Waals surface area contributed by atoms with Gasteiger partial charge >= 0.3 is 6.18 Å². The van der Waals surface area contributed by atoms with E-state index in [1.165, 1.54) is 4.90 Å². The number of sulfonamides is 1. The Morgan fingerprint density at radius 2 is 1.92 bits per heavy atom. The number of likely N-dealkylation sites (tertiary alicyclic amines) is 1. The van der Waals surface area contributed by atoms with Gasteiger partial charge < -0.3 is 5.32 Å². The first kappa shape index (κ1) is 20.4. The molecule has 1 aliphatic rings. The fourth-order valence-corrected chi connectivity index (χ4v) is 3.57. The second kappa shape index (κ2) is 7.76. The Morgan fingerprint density at radius 1 is 1.31 bits per heavy atom. The molecule has 146 valence electrons. The Balaban J connectivity index is 2.01. The van der Waals surface area contributed by atoms with Crippen LogP contribution in [-0.4, -0.2) is 50.6 Å². The number of piperidine rings is 1. The molecule has 1 aromatic rings. The third kappa shape index (κ3) is 5.81. The molecule has 0 bridgehead atoms. The average molecular weight is 396 g/mol. The van der Waals surface area contributed by atoms with Gasteiger partial charge in [0.25, 0.3) is 5.69 Å². The largest absolute Gasteiger partial charge is 0.401 e. The molecular formula is C14H19F3N4O4S. The zero-order valence-electron chi connectivity index (χ0n) is 13.7. The van der Waals surface area contributed by atoms with E-state index in [4.69, 9.17) is 5.14 Å². The van der Waals surface area contributed by atoms with Crippen molar-refractivity contribution in [1.82, 2.24) is 4.90 Å². The molecule has 1 heterocycles. The first-order valence-corrected chi connectivity index (χ1v) is 9.34. The van der Waals surface area contributed by atoms with Crippen LogP contribution in [-0.2, 0) is 10.0 Å². The van der Waals surface area contributed by atoms with Crippen molar-refractivity contribution in [3.05, 3.63) is 28.3 Å². The summed E-state index contributed by atoms with van der Waals surface area (Å²) in [5.41, 5.74) is -0.278. The van der Waals surface area contributed by atoms with E-state index < -0.39 is 27.7 Å². The fourth-order valence-electron chi connectivity index (χ4n) is 2.87. The van der Waals surface area contributed by atoms with Crippen LogP contribution in [0.15, 0.2) is 23.1 Å². The van der Waals surface area contributed by atoms with Crippen molar-refractivity contribution < 1.29 is 26.5 Å². The predicted octanol–water partition coefficient (Wildman–Crippen LogP) is 1.93. The van der Waals surface area contributed by atoms with Crippen molar-refractivity contribution in [2.24, 2.45) is 11.1 Å². The first-order valence-electron chi connectivity index (χ1n) is 7.80. The number of primary sulfonamides is 1. The van der Waals surface area contributed by atoms with Crippen molar-refractivity contribution in [2.45, 2.75) is 23.9 Å². The number of hydrogen-bond acceptors (Lipinski definition) is 6. The zero-order chi connectivity index (χ0) is 19.5. The van der Waals surface area contributed by atoms with Crippen molar-refractivity contribution in [3.63, 3.8) is 0 Å². The number of alkyl halides is 3. The molecule has 0 unspecified atom stereocenters. The lowest BCUT2D eigenvalue weighted by molar-refractivity contribution is -0.384. The highest BCUT2D eigenvalue weighted by Crippen LogP contribution is 2.27. The second-order valence-corrected chi connectivity index (χ2v) is 7.73. The van der Waals surface area contributed by atoms with Crippen LogP contribution in [0.2, 0.25) is 0 Å². The molecule has 0 aliphatic carbocycles. The van der Waals surface area contributed by atoms with Crippen molar-refractivity contribution >= 4 is 21.4 Å². The van der Waals surface area contributed by atoms with Gasteiger partial charge in [-0.15, -0.1) is 0 Å². The lowest BCUT2D eigenvalue weighted by atomic mass is 9.96. The molecule has 26 heavy (non-hydrogen) atoms. The molecule has 0 amide bonds. The molecule has 1 fully saturated rings. The van der Waals surface area contributed by atoms with Crippen LogP contribution in [0, 0.1) is 16.0 Å². The van der Waals surface area contributed by atoms with Crippen LogP contribution in [0.4, 0.5) is 24.5 Å². The molecule has 0 aromatic heterocycles. The quantitative estimate of drug-likeness (QED) is 0.560. The number of rotatable bonds is 6. The summed E-state index contributed by atoms with van der Waals surface area (Å²) in [4.78, 5) is 11.3. The molecule has 2 rings (SSSR count). The Hall–Kier alpha value is -1.92. The van der Waals surface area contributed by atoms with Gasteiger partial charge in [0.15, 0.2) is 0 Å². The number of nitrogens with two attached hydrogens (primary N) is 1. The monoisotopic (exact) mass is 396 g/mol. The van der Waals surface area contributed by atoms with Gasteiger partial charge in [-0.3, -0.25) is 15.0 Å². The van der Waals surface area contributed by atoms with Crippen LogP contribution in [0.5, 0.6) is 0 Å². The van der Waals surface area contributed by atoms with E-state index in [1.54, 1.807) is 0 Å². The Labute approximate surface area is 148 Å². The number of hydrogen-bond donors (Lipinski definition) is 2. The molecule has 1 aliphatic heterocycles. The lowest BCUT2D eigenvalue weighted by Gasteiger charge is -2.32. The number of nitro groups is 1. The zero-order valence-corrected chi connectivity index (χ0v) is 14.5. The summed E-state index contributed by atoms with van der Waals surface area (Å²) >= 11 is 0. The van der Waals surface area contributed by atoms with Gasteiger partial charge in [-0.1, -0.05) is 0 Å². The van der Waals surface area contributed by atoms with Gasteiger partial charge in [-0.2, -0.15) is 13.2 Å². The molecule has 12 heteroatoms. The normalized spacial score (nSPS) is 17.2. The predicted molar refractivity (Wildman–Crippen MR) is 88.2 cm³/mol. The number of nitrogens with zero attached hydrogens (tertiary/aromatic N) is 2. The molecular weight excluding hydrogens is 377 g/mol. The van der Waals surface area contributed by atoms with Crippen LogP contribution < -0.4 is 10.5 Å². The highest BCUT2D eigenvalue weighted by Gasteiger charge is 2.32. The van der Waals surface area contributed by atoms with Crippen molar-refractivity contribution in [3.8, 4) is 0 Å². The minimum absolute atomic E-state index is 0.0134. The summed E-state index contributed by atoms with van der Waals surface area (Å²) < 4.78 is 60.4. The number of anilines is 1. The number of halogens is 3. The van der Waals surface area contributed by atoms with Gasteiger partial charge in [0.1, 0.15) is 4.90 Å². The fraction of sp³-hybridized carbons (Fsp3) is 0.571. The first-order chi connectivity index (χ1) is 12.0. The third-order valence-electron chi connectivity index (χ3n) is 4.17. The molecule has 0 atom stereocenters. The topological polar surface area (TPSA) is 119 Å². The molecule has 0 saturated carbocycles. The highest BCUT2D eigenvalue weighted by molar-refractivity contribution is 7.89. The molecule has 1 aromatic carbocycles. The summed E-state index contributed by atoms with van der Waals surface area (Å²) in [5, 5.41) is 18.8. The maximum absolute atomic E-state index is 12.4. The van der Waals surface area contributed by atoms with Gasteiger partial charge in [-0.25, -0.2) is 13.6 Å². The SMILES string of the molecule is NS(=O)(=O)c1ccc([N+](=O)[O-])cc1NCC1CCN(CC(F)(F)F)CC1. The van der Waals surface area contributed by atoms with Crippen LogP contribution in [0.3, 0.4) is 0 Å². The molecule has 8 nitrogen and oxygen atoms in total. The second-order valence-electron chi connectivity index (χ2n) is 6.20. The van der Waals surface area contributed by atoms with Gasteiger partial charge in [0, 0.05) is 18.7 Å². The van der Waals surface area contributed by atoms with Gasteiger partial charge in [0.05, 0.1) is 17.2 Å². The number of benzene rings is 1. The van der Waals surface area contributed by atoms with Gasteiger partial charge in [0.2, 0.25) is 10.0 Å². The van der Waals surface area contributed by atoms with Crippen molar-refractivity contribution in [2.75, 3.05) is 31.5 Å². The highest BCUT2D eigenvalue weighted by atomic mass is 32.2. The smallest absolute Gasteiger partial charge is 0.383 e. The van der Waals surface area contributed by atoms with E-state index >= 15 is 0 Å². The van der Waals surface area contributed by atoms with Crippen molar-refractivity contribution in [1.29, 1.82) is 0 Å². The standard InChI is InChI=1S/C14H19F3N4O4S/c15-14(16,17)9-20-5-3-10(4-6-20)8-19-12-7-11(21(22)23)1-2-13(12)26(18,24)25/h1-2,7,10,19H,3-6,8-9H2,(H2,18,24,25). The minimum Gasteiger partial charge on any atom is -0.383 e. The third-order valence-corrected chi connectivity index (χ3v) is 5.14. The maximum Gasteiger partial charge on any atom is 0.401 e. The van der Waals surface area contributed by atoms with E-state index in [-0.39, 0.29) is 41.8 Å². The Kier molecular flexibility index (Phi) is 6.09. The summed E-state index contributed by atoms with van der Waals surface area (Å²) in [7, 11) is -4.08. The number of non-ortho nitro benzene ring substituents is 1. The summed E-state index contributed by atoms with van der Waals surface area (Å²) in [5.74, 6) is 0.0204. The van der Waals surface area contributed by atoms with E-state index in [0.29, 0.717) is 12.8 Å². The molecule has 0 radical (unpaired) electrons. The maximum atomic E-state index is 12.4. The lowest BCUT2D eigenvalue weighted by Crippen LogP contribution is -2.41. The number of nitro benzene ring substituents is 1. The van der Waals surface area contributed by atoms with E-state index in [1.807, 2.05) is 0 Å². The van der Waals surface area contributed by atoms with E-state index in [9.17, 15) is 31.7 Å². The Bertz CT molecular complexity index is 762. The van der Waals surface area contributed by atoms with Crippen LogP contribution >= 0.6 is 0 Å². The van der Waals surface area contributed by atoms with E-state index in [2.05, 4.69) is 5.32 Å². The molecule has 3 N–H and O–H groups in total. The molecule has 1 saturated heterocycles. The molecule has 0 spiro atoms. The van der Waals surface area contributed by atoms with Gasteiger partial charge in [-0.05, 0) is 37.9 Å². The van der Waals surface area contributed by atoms with E-state index in [0.717, 1.165) is 18.2 Å². The summed E-state index contributed by atoms with van der Waals surface area (Å²) in [6.45, 7) is -0.108. The minimum atomic E-state index is -4.24. The summed E-state index contributed by atoms with van der Waals surface area (Å²) in [6, 6.07) is 3.18. The summed E-state index contributed by atoms with van der Waals surface area (Å²) in [6.07, 6.45) is -3.23. The van der Waals surface area contributed by atoms with Crippen LogP contribution in [0.25, 0.3) is 0 Å². The Morgan fingerprint density at radius 3 is 2.42 bits per heavy atom.